The van der Waals surface area contributed by atoms with Crippen molar-refractivity contribution in [2.75, 3.05) is 7.11 Å². The van der Waals surface area contributed by atoms with Crippen LogP contribution >= 0.6 is 0 Å². The van der Waals surface area contributed by atoms with Gasteiger partial charge in [0.25, 0.3) is 0 Å². The summed E-state index contributed by atoms with van der Waals surface area (Å²) in [7, 11) is 1.55. The number of rotatable bonds is 3. The van der Waals surface area contributed by atoms with Gasteiger partial charge < -0.3 is 9.57 Å². The second kappa shape index (κ2) is 5.05. The molecule has 114 valence electrons. The number of carbonyl (C=O) groups is 1. The summed E-state index contributed by atoms with van der Waals surface area (Å²) >= 11 is 0. The third-order valence-corrected chi connectivity index (χ3v) is 3.30. The summed E-state index contributed by atoms with van der Waals surface area (Å²) < 4.78 is 6.71. The lowest BCUT2D eigenvalue weighted by Crippen LogP contribution is -2.21. The topological polar surface area (TPSA) is 96.4 Å². The Morgan fingerprint density at radius 3 is 3.09 bits per heavy atom. The summed E-state index contributed by atoms with van der Waals surface area (Å²) in [5.41, 5.74) is 1.73. The molecule has 4 aromatic rings. The van der Waals surface area contributed by atoms with Crippen molar-refractivity contribution in [2.24, 2.45) is 0 Å². The zero-order chi connectivity index (χ0) is 15.8. The first-order valence-corrected chi connectivity index (χ1v) is 6.67. The molecule has 23 heavy (non-hydrogen) atoms. The third-order valence-electron chi connectivity index (χ3n) is 3.30. The molecule has 0 aliphatic heterocycles. The Morgan fingerprint density at radius 1 is 1.30 bits per heavy atom. The Kier molecular flexibility index (Phi) is 2.90. The third kappa shape index (κ3) is 2.14. The molecule has 0 saturated heterocycles. The molecule has 0 N–H and O–H groups in total. The number of carbonyl (C=O) groups excluding carboxylic acids is 1. The maximum absolute atomic E-state index is 12.4. The SMILES string of the molecule is COc1ccn2ncc(C(=O)On3nnc4cccnc43)c2c1. The van der Waals surface area contributed by atoms with Gasteiger partial charge >= 0.3 is 5.97 Å². The highest BCUT2D eigenvalue weighted by molar-refractivity contribution is 5.97. The first-order valence-electron chi connectivity index (χ1n) is 6.67. The van der Waals surface area contributed by atoms with Gasteiger partial charge in [0.15, 0.2) is 0 Å². The average molecular weight is 310 g/mol. The van der Waals surface area contributed by atoms with Crippen LogP contribution in [-0.2, 0) is 0 Å². The van der Waals surface area contributed by atoms with Crippen LogP contribution in [-0.4, -0.2) is 42.8 Å². The molecule has 0 aromatic carbocycles. The maximum Gasteiger partial charge on any atom is 0.369 e. The summed E-state index contributed by atoms with van der Waals surface area (Å²) in [6.07, 6.45) is 4.68. The van der Waals surface area contributed by atoms with Crippen LogP contribution in [0, 0.1) is 0 Å². The van der Waals surface area contributed by atoms with E-state index in [1.165, 1.54) is 6.20 Å². The van der Waals surface area contributed by atoms with Gasteiger partial charge in [-0.25, -0.2) is 14.3 Å². The highest BCUT2D eigenvalue weighted by Crippen LogP contribution is 2.18. The Bertz CT molecular complexity index is 1020. The normalized spacial score (nSPS) is 11.0. The van der Waals surface area contributed by atoms with Gasteiger partial charge in [-0.05, 0) is 28.3 Å². The average Bonchev–Trinajstić information content (AvgIpc) is 3.18. The monoisotopic (exact) mass is 310 g/mol. The Labute approximate surface area is 129 Å². The Hall–Kier alpha value is -3.49. The smallest absolute Gasteiger partial charge is 0.369 e. The van der Waals surface area contributed by atoms with E-state index >= 15 is 0 Å². The van der Waals surface area contributed by atoms with Crippen molar-refractivity contribution in [1.82, 2.24) is 29.8 Å². The molecule has 0 unspecified atom stereocenters. The van der Waals surface area contributed by atoms with Gasteiger partial charge in [0.2, 0.25) is 5.65 Å². The van der Waals surface area contributed by atoms with E-state index in [9.17, 15) is 4.79 Å². The van der Waals surface area contributed by atoms with Crippen molar-refractivity contribution in [3.63, 3.8) is 0 Å². The van der Waals surface area contributed by atoms with Crippen molar-refractivity contribution < 1.29 is 14.4 Å². The number of pyridine rings is 2. The van der Waals surface area contributed by atoms with Gasteiger partial charge in [0.1, 0.15) is 16.8 Å². The van der Waals surface area contributed by atoms with Crippen molar-refractivity contribution in [3.05, 3.63) is 48.4 Å². The molecule has 4 heterocycles. The van der Waals surface area contributed by atoms with E-state index in [-0.39, 0.29) is 5.56 Å². The molecule has 0 saturated carbocycles. The summed E-state index contributed by atoms with van der Waals surface area (Å²) in [4.78, 5) is 22.7. The highest BCUT2D eigenvalue weighted by atomic mass is 16.7. The number of hydrogen-bond donors (Lipinski definition) is 0. The molecule has 4 rings (SSSR count). The van der Waals surface area contributed by atoms with Crippen LogP contribution in [0.4, 0.5) is 0 Å². The molecule has 9 heteroatoms. The maximum atomic E-state index is 12.4. The van der Waals surface area contributed by atoms with E-state index in [1.54, 1.807) is 48.3 Å². The predicted molar refractivity (Wildman–Crippen MR) is 78.0 cm³/mol. The van der Waals surface area contributed by atoms with Crippen LogP contribution in [0.2, 0.25) is 0 Å². The van der Waals surface area contributed by atoms with Crippen molar-refractivity contribution in [2.45, 2.75) is 0 Å². The minimum Gasteiger partial charge on any atom is -0.497 e. The number of ether oxygens (including phenoxy) is 1. The number of methoxy groups -OCH3 is 1. The van der Waals surface area contributed by atoms with E-state index in [2.05, 4.69) is 20.4 Å². The summed E-state index contributed by atoms with van der Waals surface area (Å²) in [6, 6.07) is 6.88. The first kappa shape index (κ1) is 13.2. The second-order valence-corrected chi connectivity index (χ2v) is 4.64. The van der Waals surface area contributed by atoms with E-state index in [0.717, 1.165) is 4.85 Å². The van der Waals surface area contributed by atoms with E-state index in [4.69, 9.17) is 9.57 Å². The zero-order valence-electron chi connectivity index (χ0n) is 11.9. The molecule has 0 atom stereocenters. The summed E-state index contributed by atoms with van der Waals surface area (Å²) in [5, 5.41) is 11.7. The second-order valence-electron chi connectivity index (χ2n) is 4.64. The lowest BCUT2D eigenvalue weighted by atomic mass is 10.2. The number of nitrogens with zero attached hydrogens (tertiary/aromatic N) is 6. The summed E-state index contributed by atoms with van der Waals surface area (Å²) in [5.74, 6) is -0.00868. The fourth-order valence-electron chi connectivity index (χ4n) is 2.18. The lowest BCUT2D eigenvalue weighted by molar-refractivity contribution is 0.0407. The van der Waals surface area contributed by atoms with Gasteiger partial charge in [-0.2, -0.15) is 5.10 Å². The van der Waals surface area contributed by atoms with Crippen LogP contribution < -0.4 is 9.57 Å². The molecule has 0 spiro atoms. The molecule has 0 aliphatic carbocycles. The molecular formula is C14H10N6O3. The van der Waals surface area contributed by atoms with E-state index < -0.39 is 5.97 Å². The minimum absolute atomic E-state index is 0.281. The predicted octanol–water partition coefficient (Wildman–Crippen LogP) is 0.752. The van der Waals surface area contributed by atoms with Crippen molar-refractivity contribution >= 4 is 22.6 Å². The lowest BCUT2D eigenvalue weighted by Gasteiger charge is -2.03. The van der Waals surface area contributed by atoms with Crippen LogP contribution in [0.1, 0.15) is 10.4 Å². The van der Waals surface area contributed by atoms with Gasteiger partial charge in [-0.1, -0.05) is 0 Å². The fourth-order valence-corrected chi connectivity index (χ4v) is 2.18. The van der Waals surface area contributed by atoms with Crippen LogP contribution in [0.15, 0.2) is 42.9 Å². The van der Waals surface area contributed by atoms with Crippen LogP contribution in [0.25, 0.3) is 16.7 Å². The molecule has 0 fully saturated rings. The fraction of sp³-hybridized carbons (Fsp3) is 0.0714. The number of aromatic nitrogens is 6. The Balaban J connectivity index is 1.72. The van der Waals surface area contributed by atoms with Gasteiger partial charge in [0.05, 0.1) is 18.8 Å². The Morgan fingerprint density at radius 2 is 2.22 bits per heavy atom. The van der Waals surface area contributed by atoms with Crippen LogP contribution in [0.5, 0.6) is 5.75 Å². The van der Waals surface area contributed by atoms with Gasteiger partial charge in [0, 0.05) is 18.5 Å². The highest BCUT2D eigenvalue weighted by Gasteiger charge is 2.18. The van der Waals surface area contributed by atoms with Gasteiger partial charge in [-0.15, -0.1) is 5.10 Å². The van der Waals surface area contributed by atoms with Crippen molar-refractivity contribution in [3.8, 4) is 5.75 Å². The zero-order valence-corrected chi connectivity index (χ0v) is 11.9. The number of fused-ring (bicyclic) bond motifs is 2. The molecule has 0 bridgehead atoms. The van der Waals surface area contributed by atoms with E-state index in [0.29, 0.717) is 22.4 Å². The van der Waals surface area contributed by atoms with Gasteiger partial charge in [-0.3, -0.25) is 0 Å². The van der Waals surface area contributed by atoms with Crippen molar-refractivity contribution in [1.29, 1.82) is 0 Å². The quantitative estimate of drug-likeness (QED) is 0.515. The number of hydrogen-bond acceptors (Lipinski definition) is 7. The minimum atomic E-state index is -0.620. The molecule has 4 aromatic heterocycles. The first-order chi connectivity index (χ1) is 11.3. The standard InChI is InChI=1S/C14H10N6O3/c1-22-9-4-6-19-12(7-9)10(8-16-19)14(21)23-20-13-11(17-18-20)3-2-5-15-13/h2-8H,1H3. The molecule has 0 radical (unpaired) electrons. The van der Waals surface area contributed by atoms with Crippen LogP contribution in [0.3, 0.4) is 0 Å². The molecule has 9 nitrogen and oxygen atoms in total. The molecule has 0 amide bonds. The van der Waals surface area contributed by atoms with E-state index in [1.807, 2.05) is 0 Å². The molecule has 0 aliphatic rings. The molecular weight excluding hydrogens is 300 g/mol. The largest absolute Gasteiger partial charge is 0.497 e. The summed E-state index contributed by atoms with van der Waals surface area (Å²) in [6.45, 7) is 0.